The molecule has 0 aromatic heterocycles. The van der Waals surface area contributed by atoms with Crippen LogP contribution in [0.2, 0.25) is 0 Å². The molecule has 10 heavy (non-hydrogen) atoms. The topological polar surface area (TPSA) is 43.1 Å². The van der Waals surface area contributed by atoms with Gasteiger partial charge in [-0.05, 0) is 25.7 Å². The van der Waals surface area contributed by atoms with E-state index in [2.05, 4.69) is 0 Å². The molecule has 0 unspecified atom stereocenters. The highest BCUT2D eigenvalue weighted by atomic mass is 16.1. The van der Waals surface area contributed by atoms with Crippen molar-refractivity contribution >= 4 is 5.91 Å². The van der Waals surface area contributed by atoms with Crippen LogP contribution in [-0.2, 0) is 4.79 Å². The Morgan fingerprint density at radius 3 is 2.90 bits per heavy atom. The fourth-order valence-electron chi connectivity index (χ4n) is 1.24. The zero-order chi connectivity index (χ0) is 7.40. The van der Waals surface area contributed by atoms with Gasteiger partial charge in [-0.25, -0.2) is 0 Å². The molecule has 1 rings (SSSR count). The Hall–Kier alpha value is -0.790. The molecule has 0 saturated heterocycles. The Bertz CT molecular complexity index is 161. The Balaban J connectivity index is 2.54. The molecule has 2 nitrogen and oxygen atoms in total. The van der Waals surface area contributed by atoms with Crippen LogP contribution in [0.5, 0.6) is 0 Å². The van der Waals surface area contributed by atoms with Crippen molar-refractivity contribution in [3.05, 3.63) is 11.6 Å². The molecule has 0 saturated carbocycles. The number of hydrogen-bond donors (Lipinski definition) is 1. The minimum atomic E-state index is -0.234. The van der Waals surface area contributed by atoms with Gasteiger partial charge < -0.3 is 5.73 Å². The van der Waals surface area contributed by atoms with Crippen LogP contribution in [0.25, 0.3) is 0 Å². The first kappa shape index (κ1) is 7.32. The Kier molecular flexibility index (Phi) is 2.49. The molecular weight excluding hydrogens is 126 g/mol. The average molecular weight is 139 g/mol. The molecule has 0 heterocycles. The predicted octanol–water partition coefficient (Wildman–Crippen LogP) is 1.36. The number of carbonyl (C=O) groups excluding carboxylic acids is 1. The molecule has 0 aromatic rings. The lowest BCUT2D eigenvalue weighted by atomic mass is 10.1. The van der Waals surface area contributed by atoms with E-state index in [-0.39, 0.29) is 5.91 Å². The van der Waals surface area contributed by atoms with Crippen LogP contribution in [0, 0.1) is 0 Å². The maximum absolute atomic E-state index is 10.7. The first-order valence-corrected chi connectivity index (χ1v) is 3.79. The molecule has 0 aliphatic heterocycles. The highest BCUT2D eigenvalue weighted by Crippen LogP contribution is 2.16. The Morgan fingerprint density at radius 2 is 2.20 bits per heavy atom. The van der Waals surface area contributed by atoms with Crippen LogP contribution in [0.15, 0.2) is 11.6 Å². The molecule has 0 spiro atoms. The summed E-state index contributed by atoms with van der Waals surface area (Å²) in [5.74, 6) is -0.234. The number of carbonyl (C=O) groups is 1. The van der Waals surface area contributed by atoms with Gasteiger partial charge in [0.1, 0.15) is 0 Å². The van der Waals surface area contributed by atoms with Crippen molar-refractivity contribution in [2.24, 2.45) is 5.73 Å². The van der Waals surface area contributed by atoms with Crippen molar-refractivity contribution in [3.8, 4) is 0 Å². The second-order valence-corrected chi connectivity index (χ2v) is 2.69. The number of amides is 1. The lowest BCUT2D eigenvalue weighted by molar-refractivity contribution is -0.114. The number of allylic oxidation sites excluding steroid dienone is 1. The third kappa shape index (κ3) is 1.87. The zero-order valence-electron chi connectivity index (χ0n) is 6.10. The largest absolute Gasteiger partial charge is 0.366 e. The Labute approximate surface area is 61.1 Å². The summed E-state index contributed by atoms with van der Waals surface area (Å²) in [6.45, 7) is 0. The van der Waals surface area contributed by atoms with Gasteiger partial charge in [-0.15, -0.1) is 0 Å². The third-order valence-corrected chi connectivity index (χ3v) is 1.86. The summed E-state index contributed by atoms with van der Waals surface area (Å²) in [6.07, 6.45) is 7.45. The molecule has 1 aliphatic carbocycles. The van der Waals surface area contributed by atoms with Crippen LogP contribution in [0.3, 0.4) is 0 Å². The molecule has 56 valence electrons. The van der Waals surface area contributed by atoms with Gasteiger partial charge in [0.05, 0.1) is 0 Å². The van der Waals surface area contributed by atoms with E-state index in [1.807, 2.05) is 6.08 Å². The quantitative estimate of drug-likeness (QED) is 0.585. The number of rotatable bonds is 1. The number of nitrogens with two attached hydrogens (primary N) is 1. The molecule has 0 atom stereocenters. The second-order valence-electron chi connectivity index (χ2n) is 2.69. The fourth-order valence-corrected chi connectivity index (χ4v) is 1.24. The van der Waals surface area contributed by atoms with Crippen LogP contribution < -0.4 is 5.73 Å². The summed E-state index contributed by atoms with van der Waals surface area (Å²) in [4.78, 5) is 10.7. The first-order chi connectivity index (χ1) is 4.80. The van der Waals surface area contributed by atoms with Crippen LogP contribution in [0.1, 0.15) is 32.1 Å². The zero-order valence-corrected chi connectivity index (χ0v) is 6.10. The molecule has 0 bridgehead atoms. The second kappa shape index (κ2) is 3.40. The van der Waals surface area contributed by atoms with Gasteiger partial charge in [-0.1, -0.05) is 12.5 Å². The number of hydrogen-bond acceptors (Lipinski definition) is 1. The van der Waals surface area contributed by atoms with E-state index in [1.165, 1.54) is 12.8 Å². The molecule has 1 amide bonds. The van der Waals surface area contributed by atoms with Gasteiger partial charge in [0, 0.05) is 5.57 Å². The van der Waals surface area contributed by atoms with Gasteiger partial charge in [-0.3, -0.25) is 4.79 Å². The lowest BCUT2D eigenvalue weighted by Gasteiger charge is -1.96. The van der Waals surface area contributed by atoms with Crippen LogP contribution >= 0.6 is 0 Å². The standard InChI is InChI=1S/C8H13NO/c9-8(10)7-5-3-1-2-4-6-7/h5H,1-4,6H2,(H2,9,10). The van der Waals surface area contributed by atoms with Crippen molar-refractivity contribution in [3.63, 3.8) is 0 Å². The summed E-state index contributed by atoms with van der Waals surface area (Å²) in [6, 6.07) is 0. The third-order valence-electron chi connectivity index (χ3n) is 1.86. The molecular formula is C8H13NO. The van der Waals surface area contributed by atoms with Gasteiger partial charge >= 0.3 is 0 Å². The number of primary amides is 1. The molecule has 0 radical (unpaired) electrons. The fraction of sp³-hybridized carbons (Fsp3) is 0.625. The molecule has 2 N–H and O–H groups in total. The van der Waals surface area contributed by atoms with Crippen molar-refractivity contribution in [2.75, 3.05) is 0 Å². The summed E-state index contributed by atoms with van der Waals surface area (Å²) in [7, 11) is 0. The van der Waals surface area contributed by atoms with E-state index in [4.69, 9.17) is 5.73 Å². The first-order valence-electron chi connectivity index (χ1n) is 3.79. The Morgan fingerprint density at radius 1 is 1.40 bits per heavy atom. The highest BCUT2D eigenvalue weighted by Gasteiger charge is 2.06. The van der Waals surface area contributed by atoms with E-state index < -0.39 is 0 Å². The summed E-state index contributed by atoms with van der Waals surface area (Å²) >= 11 is 0. The SMILES string of the molecule is NC(=O)C1=CCCCCC1. The molecule has 1 aliphatic rings. The van der Waals surface area contributed by atoms with E-state index in [1.54, 1.807) is 0 Å². The monoisotopic (exact) mass is 139 g/mol. The van der Waals surface area contributed by atoms with Gasteiger partial charge in [-0.2, -0.15) is 0 Å². The molecule has 2 heteroatoms. The maximum atomic E-state index is 10.7. The predicted molar refractivity (Wildman–Crippen MR) is 40.4 cm³/mol. The smallest absolute Gasteiger partial charge is 0.244 e. The maximum Gasteiger partial charge on any atom is 0.244 e. The van der Waals surface area contributed by atoms with Crippen molar-refractivity contribution in [2.45, 2.75) is 32.1 Å². The van der Waals surface area contributed by atoms with E-state index in [0.29, 0.717) is 0 Å². The minimum absolute atomic E-state index is 0.234. The van der Waals surface area contributed by atoms with Gasteiger partial charge in [0.25, 0.3) is 0 Å². The average Bonchev–Trinajstić information content (AvgIpc) is 2.12. The lowest BCUT2D eigenvalue weighted by Crippen LogP contribution is -2.13. The van der Waals surface area contributed by atoms with Crippen molar-refractivity contribution < 1.29 is 4.79 Å². The van der Waals surface area contributed by atoms with Gasteiger partial charge in [0.2, 0.25) is 5.91 Å². The molecule has 0 fully saturated rings. The van der Waals surface area contributed by atoms with E-state index in [9.17, 15) is 4.79 Å². The van der Waals surface area contributed by atoms with Crippen molar-refractivity contribution in [1.29, 1.82) is 0 Å². The van der Waals surface area contributed by atoms with E-state index in [0.717, 1.165) is 24.8 Å². The van der Waals surface area contributed by atoms with E-state index >= 15 is 0 Å². The summed E-state index contributed by atoms with van der Waals surface area (Å²) in [5, 5.41) is 0. The highest BCUT2D eigenvalue weighted by molar-refractivity contribution is 5.91. The van der Waals surface area contributed by atoms with Gasteiger partial charge in [0.15, 0.2) is 0 Å². The summed E-state index contributed by atoms with van der Waals surface area (Å²) in [5.41, 5.74) is 5.96. The minimum Gasteiger partial charge on any atom is -0.366 e. The summed E-state index contributed by atoms with van der Waals surface area (Å²) < 4.78 is 0. The normalized spacial score (nSPS) is 19.4. The van der Waals surface area contributed by atoms with Crippen LogP contribution in [0.4, 0.5) is 0 Å². The van der Waals surface area contributed by atoms with Crippen molar-refractivity contribution in [1.82, 2.24) is 0 Å². The molecule has 0 aromatic carbocycles. The van der Waals surface area contributed by atoms with Crippen LogP contribution in [-0.4, -0.2) is 5.91 Å².